The zero-order valence-corrected chi connectivity index (χ0v) is 18.3. The topological polar surface area (TPSA) is 91.2 Å². The number of nitrogens with one attached hydrogen (secondary N) is 1. The van der Waals surface area contributed by atoms with Crippen molar-refractivity contribution in [1.29, 1.82) is 0 Å². The molecule has 0 saturated carbocycles. The van der Waals surface area contributed by atoms with Gasteiger partial charge >= 0.3 is 0 Å². The number of hydrogen-bond acceptors (Lipinski definition) is 6. The third-order valence-corrected chi connectivity index (χ3v) is 4.83. The van der Waals surface area contributed by atoms with E-state index in [0.717, 1.165) is 25.0 Å². The third kappa shape index (κ3) is 6.16. The molecule has 0 aliphatic heterocycles. The van der Waals surface area contributed by atoms with Gasteiger partial charge in [-0.2, -0.15) is 5.10 Å². The number of amides is 1. The molecule has 1 amide bonds. The number of rotatable bonds is 10. The third-order valence-electron chi connectivity index (χ3n) is 4.83. The van der Waals surface area contributed by atoms with E-state index in [9.17, 15) is 4.79 Å². The smallest absolute Gasteiger partial charge is 0.255 e. The minimum atomic E-state index is -0.194. The standard InChI is InChI=1S/C25H25N5O3/c1-2-3-4-16-32-21-10-6-19(7-11-21)25(31)29-20-8-12-22(13-9-20)33-24-17-23(26-18-27-24)30-15-5-14-28-30/h5-15,17-18H,2-4,16H2,1H3,(H,29,31). The van der Waals surface area contributed by atoms with E-state index in [1.807, 2.05) is 18.2 Å². The van der Waals surface area contributed by atoms with Crippen LogP contribution < -0.4 is 14.8 Å². The second kappa shape index (κ2) is 10.9. The first kappa shape index (κ1) is 22.0. The first-order chi connectivity index (χ1) is 16.2. The Morgan fingerprint density at radius 1 is 1.00 bits per heavy atom. The average molecular weight is 444 g/mol. The van der Waals surface area contributed by atoms with E-state index in [4.69, 9.17) is 9.47 Å². The average Bonchev–Trinajstić information content (AvgIpc) is 3.39. The van der Waals surface area contributed by atoms with E-state index in [-0.39, 0.29) is 5.91 Å². The highest BCUT2D eigenvalue weighted by Gasteiger charge is 2.08. The monoisotopic (exact) mass is 443 g/mol. The normalized spacial score (nSPS) is 10.6. The molecule has 33 heavy (non-hydrogen) atoms. The molecule has 4 rings (SSSR count). The van der Waals surface area contributed by atoms with Gasteiger partial charge < -0.3 is 14.8 Å². The Morgan fingerprint density at radius 3 is 2.52 bits per heavy atom. The maximum Gasteiger partial charge on any atom is 0.255 e. The lowest BCUT2D eigenvalue weighted by molar-refractivity contribution is 0.102. The SMILES string of the molecule is CCCCCOc1ccc(C(=O)Nc2ccc(Oc3cc(-n4cccn4)ncn3)cc2)cc1. The Hall–Kier alpha value is -4.20. The highest BCUT2D eigenvalue weighted by molar-refractivity contribution is 6.04. The van der Waals surface area contributed by atoms with Gasteiger partial charge in [0, 0.05) is 29.7 Å². The number of carbonyl (C=O) groups excluding carboxylic acids is 1. The molecule has 0 saturated heterocycles. The van der Waals surface area contributed by atoms with Gasteiger partial charge in [0.1, 0.15) is 17.8 Å². The molecule has 2 heterocycles. The molecular formula is C25H25N5O3. The van der Waals surface area contributed by atoms with Gasteiger partial charge in [0.05, 0.1) is 6.61 Å². The number of carbonyl (C=O) groups is 1. The molecule has 0 aliphatic rings. The first-order valence-corrected chi connectivity index (χ1v) is 10.9. The quantitative estimate of drug-likeness (QED) is 0.336. The van der Waals surface area contributed by atoms with Crippen LogP contribution in [-0.4, -0.2) is 32.3 Å². The van der Waals surface area contributed by atoms with Crippen molar-refractivity contribution in [2.24, 2.45) is 0 Å². The molecule has 4 aromatic rings. The molecule has 0 radical (unpaired) electrons. The Bertz CT molecular complexity index is 1160. The van der Waals surface area contributed by atoms with Crippen molar-refractivity contribution in [3.8, 4) is 23.2 Å². The van der Waals surface area contributed by atoms with Gasteiger partial charge in [-0.15, -0.1) is 0 Å². The van der Waals surface area contributed by atoms with E-state index in [1.165, 1.54) is 6.33 Å². The van der Waals surface area contributed by atoms with Gasteiger partial charge in [-0.25, -0.2) is 14.6 Å². The molecular weight excluding hydrogens is 418 g/mol. The second-order valence-corrected chi connectivity index (χ2v) is 7.33. The number of ether oxygens (including phenoxy) is 2. The van der Waals surface area contributed by atoms with Crippen molar-refractivity contribution in [2.75, 3.05) is 11.9 Å². The van der Waals surface area contributed by atoms with Gasteiger partial charge in [-0.3, -0.25) is 4.79 Å². The minimum absolute atomic E-state index is 0.194. The predicted octanol–water partition coefficient (Wildman–Crippen LogP) is 5.28. The fraction of sp³-hybridized carbons (Fsp3) is 0.200. The second-order valence-electron chi connectivity index (χ2n) is 7.33. The summed E-state index contributed by atoms with van der Waals surface area (Å²) in [5, 5.41) is 7.03. The highest BCUT2D eigenvalue weighted by Crippen LogP contribution is 2.23. The molecule has 0 unspecified atom stereocenters. The van der Waals surface area contributed by atoms with Crippen LogP contribution in [0.3, 0.4) is 0 Å². The summed E-state index contributed by atoms with van der Waals surface area (Å²) in [6, 6.07) is 17.7. The molecule has 0 atom stereocenters. The molecule has 8 heteroatoms. The summed E-state index contributed by atoms with van der Waals surface area (Å²) in [5.74, 6) is 2.16. The summed E-state index contributed by atoms with van der Waals surface area (Å²) in [6.45, 7) is 2.85. The van der Waals surface area contributed by atoms with Crippen molar-refractivity contribution in [3.05, 3.63) is 84.9 Å². The van der Waals surface area contributed by atoms with E-state index in [2.05, 4.69) is 27.3 Å². The fourth-order valence-corrected chi connectivity index (χ4v) is 3.09. The van der Waals surface area contributed by atoms with E-state index in [1.54, 1.807) is 59.5 Å². The lowest BCUT2D eigenvalue weighted by Gasteiger charge is -2.09. The maximum atomic E-state index is 12.5. The predicted molar refractivity (Wildman–Crippen MR) is 125 cm³/mol. The van der Waals surface area contributed by atoms with Crippen molar-refractivity contribution in [1.82, 2.24) is 19.7 Å². The summed E-state index contributed by atoms with van der Waals surface area (Å²) in [4.78, 5) is 20.9. The summed E-state index contributed by atoms with van der Waals surface area (Å²) in [7, 11) is 0. The number of anilines is 1. The van der Waals surface area contributed by atoms with Crippen LogP contribution in [0.5, 0.6) is 17.4 Å². The van der Waals surface area contributed by atoms with Gasteiger partial charge in [0.25, 0.3) is 5.91 Å². The highest BCUT2D eigenvalue weighted by atomic mass is 16.5. The Kier molecular flexibility index (Phi) is 7.27. The number of aromatic nitrogens is 4. The van der Waals surface area contributed by atoms with Crippen LogP contribution in [0.25, 0.3) is 5.82 Å². The molecule has 0 spiro atoms. The van der Waals surface area contributed by atoms with Gasteiger partial charge in [-0.1, -0.05) is 19.8 Å². The fourth-order valence-electron chi connectivity index (χ4n) is 3.09. The Labute approximate surface area is 192 Å². The summed E-state index contributed by atoms with van der Waals surface area (Å²) in [5.41, 5.74) is 1.22. The molecule has 0 bridgehead atoms. The zero-order valence-electron chi connectivity index (χ0n) is 18.3. The lowest BCUT2D eigenvalue weighted by Crippen LogP contribution is -2.11. The van der Waals surface area contributed by atoms with Crippen LogP contribution in [0.4, 0.5) is 5.69 Å². The number of hydrogen-bond donors (Lipinski definition) is 1. The first-order valence-electron chi connectivity index (χ1n) is 10.9. The van der Waals surface area contributed by atoms with E-state index < -0.39 is 0 Å². The molecule has 0 fully saturated rings. The van der Waals surface area contributed by atoms with Crippen LogP contribution in [0.2, 0.25) is 0 Å². The summed E-state index contributed by atoms with van der Waals surface area (Å²) >= 11 is 0. The molecule has 168 valence electrons. The van der Waals surface area contributed by atoms with Crippen LogP contribution in [0.1, 0.15) is 36.5 Å². The van der Waals surface area contributed by atoms with Crippen molar-refractivity contribution < 1.29 is 14.3 Å². The van der Waals surface area contributed by atoms with Crippen molar-refractivity contribution in [3.63, 3.8) is 0 Å². The van der Waals surface area contributed by atoms with Crippen LogP contribution >= 0.6 is 0 Å². The number of benzene rings is 2. The van der Waals surface area contributed by atoms with Crippen LogP contribution in [0, 0.1) is 0 Å². The molecule has 0 aliphatic carbocycles. The molecule has 2 aromatic heterocycles. The van der Waals surface area contributed by atoms with Crippen molar-refractivity contribution >= 4 is 11.6 Å². The van der Waals surface area contributed by atoms with Crippen LogP contribution in [0.15, 0.2) is 79.4 Å². The van der Waals surface area contributed by atoms with E-state index in [0.29, 0.717) is 35.3 Å². The maximum absolute atomic E-state index is 12.5. The number of nitrogens with zero attached hydrogens (tertiary/aromatic N) is 4. The molecule has 1 N–H and O–H groups in total. The molecule has 2 aromatic carbocycles. The summed E-state index contributed by atoms with van der Waals surface area (Å²) in [6.07, 6.45) is 8.22. The zero-order chi connectivity index (χ0) is 22.9. The summed E-state index contributed by atoms with van der Waals surface area (Å²) < 4.78 is 13.1. The van der Waals surface area contributed by atoms with Gasteiger partial charge in [0.15, 0.2) is 5.82 Å². The van der Waals surface area contributed by atoms with Gasteiger partial charge in [0.2, 0.25) is 5.88 Å². The molecule has 8 nitrogen and oxygen atoms in total. The van der Waals surface area contributed by atoms with E-state index >= 15 is 0 Å². The largest absolute Gasteiger partial charge is 0.494 e. The van der Waals surface area contributed by atoms with Crippen LogP contribution in [-0.2, 0) is 0 Å². The minimum Gasteiger partial charge on any atom is -0.494 e. The Morgan fingerprint density at radius 2 is 1.79 bits per heavy atom. The Balaban J connectivity index is 1.32. The number of unbranched alkanes of at least 4 members (excludes halogenated alkanes) is 2. The lowest BCUT2D eigenvalue weighted by atomic mass is 10.2. The van der Waals surface area contributed by atoms with Gasteiger partial charge in [-0.05, 0) is 61.0 Å². The van der Waals surface area contributed by atoms with Crippen molar-refractivity contribution in [2.45, 2.75) is 26.2 Å².